The van der Waals surface area contributed by atoms with Crippen molar-refractivity contribution in [3.05, 3.63) is 81.0 Å². The second-order valence-electron chi connectivity index (χ2n) is 6.17. The third-order valence-electron chi connectivity index (χ3n) is 4.15. The van der Waals surface area contributed by atoms with Gasteiger partial charge in [0.1, 0.15) is 6.61 Å². The number of nitrogens with zero attached hydrogens (tertiary/aromatic N) is 4. The smallest absolute Gasteiger partial charge is 0.391 e. The summed E-state index contributed by atoms with van der Waals surface area (Å²) in [5.41, 5.74) is 0.462. The van der Waals surface area contributed by atoms with Crippen molar-refractivity contribution in [3.8, 4) is 5.69 Å². The van der Waals surface area contributed by atoms with Gasteiger partial charge >= 0.3 is 11.9 Å². The first-order chi connectivity index (χ1) is 13.7. The first-order valence-corrected chi connectivity index (χ1v) is 8.80. The van der Waals surface area contributed by atoms with Crippen molar-refractivity contribution in [1.82, 2.24) is 14.3 Å². The Labute approximate surface area is 168 Å². The van der Waals surface area contributed by atoms with E-state index in [1.807, 2.05) is 0 Å². The Hall–Kier alpha value is -3.07. The fourth-order valence-corrected chi connectivity index (χ4v) is 2.94. The van der Waals surface area contributed by atoms with Gasteiger partial charge in [-0.1, -0.05) is 35.5 Å². The van der Waals surface area contributed by atoms with E-state index in [0.29, 0.717) is 16.8 Å². The van der Waals surface area contributed by atoms with Gasteiger partial charge in [0.05, 0.1) is 17.0 Å². The zero-order valence-electron chi connectivity index (χ0n) is 15.4. The minimum Gasteiger partial charge on any atom is -0.391 e. The third-order valence-corrected chi connectivity index (χ3v) is 4.39. The summed E-state index contributed by atoms with van der Waals surface area (Å²) in [5.74, 6) is 0. The molecule has 0 radical (unpaired) electrons. The SMILES string of the molecule is C/C(=N/OCc1ccccc1-n1c(Cl)nn(C)c1=O)c1cccc(C(F)(F)F)c1. The van der Waals surface area contributed by atoms with Gasteiger partial charge in [-0.15, -0.1) is 5.10 Å². The molecule has 0 unspecified atom stereocenters. The van der Waals surface area contributed by atoms with Gasteiger partial charge in [0.2, 0.25) is 5.28 Å². The average Bonchev–Trinajstić information content (AvgIpc) is 2.93. The molecule has 3 aromatic rings. The molecule has 0 fully saturated rings. The summed E-state index contributed by atoms with van der Waals surface area (Å²) >= 11 is 6.04. The van der Waals surface area contributed by atoms with Crippen LogP contribution in [-0.4, -0.2) is 20.1 Å². The van der Waals surface area contributed by atoms with Gasteiger partial charge in [-0.25, -0.2) is 14.0 Å². The highest BCUT2D eigenvalue weighted by molar-refractivity contribution is 6.28. The molecular weight excluding hydrogens is 409 g/mol. The van der Waals surface area contributed by atoms with Crippen LogP contribution < -0.4 is 5.69 Å². The van der Waals surface area contributed by atoms with E-state index in [1.54, 1.807) is 31.2 Å². The Kier molecular flexibility index (Phi) is 5.78. The normalized spacial score (nSPS) is 12.3. The first kappa shape index (κ1) is 20.7. The summed E-state index contributed by atoms with van der Waals surface area (Å²) in [6.45, 7) is 1.52. The number of benzene rings is 2. The molecule has 29 heavy (non-hydrogen) atoms. The molecule has 0 bridgehead atoms. The Morgan fingerprint density at radius 3 is 2.59 bits per heavy atom. The van der Waals surface area contributed by atoms with E-state index in [2.05, 4.69) is 10.3 Å². The van der Waals surface area contributed by atoms with E-state index in [0.717, 1.165) is 16.8 Å². The highest BCUT2D eigenvalue weighted by atomic mass is 35.5. The van der Waals surface area contributed by atoms with Crippen molar-refractivity contribution in [1.29, 1.82) is 0 Å². The number of para-hydroxylation sites is 1. The number of aryl methyl sites for hydroxylation is 1. The van der Waals surface area contributed by atoms with Crippen LogP contribution in [0.2, 0.25) is 5.28 Å². The van der Waals surface area contributed by atoms with Crippen LogP contribution in [0.3, 0.4) is 0 Å². The zero-order valence-corrected chi connectivity index (χ0v) is 16.2. The molecule has 0 spiro atoms. The molecule has 0 amide bonds. The Balaban J connectivity index is 1.82. The van der Waals surface area contributed by atoms with Gasteiger partial charge in [-0.3, -0.25) is 0 Å². The maximum absolute atomic E-state index is 12.9. The van der Waals surface area contributed by atoms with Crippen molar-refractivity contribution in [2.75, 3.05) is 0 Å². The molecule has 152 valence electrons. The summed E-state index contributed by atoms with van der Waals surface area (Å²) in [6, 6.07) is 11.7. The Bertz CT molecular complexity index is 1120. The lowest BCUT2D eigenvalue weighted by atomic mass is 10.1. The van der Waals surface area contributed by atoms with Crippen LogP contribution in [0, 0.1) is 0 Å². The number of hydrogen-bond donors (Lipinski definition) is 0. The number of halogens is 4. The second-order valence-corrected chi connectivity index (χ2v) is 6.51. The highest BCUT2D eigenvalue weighted by Crippen LogP contribution is 2.29. The molecule has 0 aliphatic rings. The van der Waals surface area contributed by atoms with E-state index >= 15 is 0 Å². The van der Waals surface area contributed by atoms with Crippen LogP contribution in [0.15, 0.2) is 58.5 Å². The van der Waals surface area contributed by atoms with Gasteiger partial charge in [0, 0.05) is 12.6 Å². The number of alkyl halides is 3. The quantitative estimate of drug-likeness (QED) is 0.456. The molecule has 3 rings (SSSR count). The first-order valence-electron chi connectivity index (χ1n) is 8.42. The minimum atomic E-state index is -4.44. The summed E-state index contributed by atoms with van der Waals surface area (Å²) in [6.07, 6.45) is -4.44. The highest BCUT2D eigenvalue weighted by Gasteiger charge is 2.30. The fraction of sp³-hybridized carbons (Fsp3) is 0.211. The van der Waals surface area contributed by atoms with Gasteiger partial charge in [-0.05, 0) is 42.3 Å². The van der Waals surface area contributed by atoms with Crippen LogP contribution in [0.1, 0.15) is 23.6 Å². The molecule has 0 N–H and O–H groups in total. The second kappa shape index (κ2) is 8.12. The zero-order chi connectivity index (χ0) is 21.2. The summed E-state index contributed by atoms with van der Waals surface area (Å²) in [4.78, 5) is 17.6. The Morgan fingerprint density at radius 1 is 1.21 bits per heavy atom. The van der Waals surface area contributed by atoms with Crippen LogP contribution >= 0.6 is 11.6 Å². The molecule has 10 heteroatoms. The monoisotopic (exact) mass is 424 g/mol. The van der Waals surface area contributed by atoms with E-state index in [9.17, 15) is 18.0 Å². The number of aromatic nitrogens is 3. The van der Waals surface area contributed by atoms with E-state index in [1.165, 1.54) is 23.7 Å². The Morgan fingerprint density at radius 2 is 1.93 bits per heavy atom. The maximum atomic E-state index is 12.9. The van der Waals surface area contributed by atoms with Crippen molar-refractivity contribution < 1.29 is 18.0 Å². The van der Waals surface area contributed by atoms with Crippen LogP contribution in [0.25, 0.3) is 5.69 Å². The van der Waals surface area contributed by atoms with Crippen LogP contribution in [-0.2, 0) is 24.7 Å². The molecule has 1 aromatic heterocycles. The maximum Gasteiger partial charge on any atom is 0.416 e. The van der Waals surface area contributed by atoms with Crippen LogP contribution in [0.5, 0.6) is 0 Å². The molecule has 1 heterocycles. The molecule has 2 aromatic carbocycles. The van der Waals surface area contributed by atoms with E-state index in [4.69, 9.17) is 16.4 Å². The van der Waals surface area contributed by atoms with Gasteiger partial charge in [-0.2, -0.15) is 13.2 Å². The van der Waals surface area contributed by atoms with Gasteiger partial charge < -0.3 is 4.84 Å². The fourth-order valence-electron chi connectivity index (χ4n) is 2.66. The lowest BCUT2D eigenvalue weighted by Crippen LogP contribution is -2.22. The molecule has 0 aliphatic carbocycles. The summed E-state index contributed by atoms with van der Waals surface area (Å²) in [7, 11) is 1.48. The van der Waals surface area contributed by atoms with Crippen molar-refractivity contribution in [3.63, 3.8) is 0 Å². The molecule has 6 nitrogen and oxygen atoms in total. The van der Waals surface area contributed by atoms with E-state index < -0.39 is 17.4 Å². The van der Waals surface area contributed by atoms with Crippen molar-refractivity contribution in [2.24, 2.45) is 12.2 Å². The molecular formula is C19H16ClF3N4O2. The average molecular weight is 425 g/mol. The predicted molar refractivity (Wildman–Crippen MR) is 102 cm³/mol. The molecule has 0 atom stereocenters. The predicted octanol–water partition coefficient (Wildman–Crippen LogP) is 4.18. The number of rotatable bonds is 5. The van der Waals surface area contributed by atoms with Crippen molar-refractivity contribution >= 4 is 17.3 Å². The molecule has 0 saturated carbocycles. The number of oxime groups is 1. The summed E-state index contributed by atoms with van der Waals surface area (Å²) < 4.78 is 40.9. The molecule has 0 aliphatic heterocycles. The number of hydrogen-bond acceptors (Lipinski definition) is 4. The van der Waals surface area contributed by atoms with Crippen molar-refractivity contribution in [2.45, 2.75) is 19.7 Å². The molecule has 0 saturated heterocycles. The van der Waals surface area contributed by atoms with E-state index in [-0.39, 0.29) is 17.6 Å². The van der Waals surface area contributed by atoms with Gasteiger partial charge in [0.15, 0.2) is 0 Å². The largest absolute Gasteiger partial charge is 0.416 e. The third kappa shape index (κ3) is 4.51. The lowest BCUT2D eigenvalue weighted by Gasteiger charge is -2.10. The standard InChI is InChI=1S/C19H16ClF3N4O2/c1-12(13-7-5-8-15(10-13)19(21,22)23)25-29-11-14-6-3-4-9-16(14)27-17(20)24-26(2)18(27)28/h3-10H,11H2,1-2H3/b25-12-. The van der Waals surface area contributed by atoms with Crippen LogP contribution in [0.4, 0.5) is 13.2 Å². The van der Waals surface area contributed by atoms with Gasteiger partial charge in [0.25, 0.3) is 0 Å². The topological polar surface area (TPSA) is 61.4 Å². The minimum absolute atomic E-state index is 0.00593. The lowest BCUT2D eigenvalue weighted by molar-refractivity contribution is -0.137. The summed E-state index contributed by atoms with van der Waals surface area (Å²) in [5, 5.41) is 7.78.